The van der Waals surface area contributed by atoms with Gasteiger partial charge in [0.2, 0.25) is 0 Å². The minimum Gasteiger partial charge on any atom is -0.462 e. The number of carbonyl (C=O) groups is 2. The van der Waals surface area contributed by atoms with E-state index in [1.807, 2.05) is 30.3 Å². The van der Waals surface area contributed by atoms with Crippen molar-refractivity contribution in [3.8, 4) is 0 Å². The van der Waals surface area contributed by atoms with Crippen LogP contribution in [0.1, 0.15) is 40.2 Å². The summed E-state index contributed by atoms with van der Waals surface area (Å²) in [5, 5.41) is 0. The topological polar surface area (TPSA) is 52.6 Å². The average Bonchev–Trinajstić information content (AvgIpc) is 2.45. The van der Waals surface area contributed by atoms with Crippen LogP contribution in [-0.2, 0) is 19.1 Å². The normalized spacial score (nSPS) is 13.2. The first kappa shape index (κ1) is 18.0. The van der Waals surface area contributed by atoms with E-state index in [4.69, 9.17) is 9.47 Å². The van der Waals surface area contributed by atoms with Crippen molar-refractivity contribution in [3.05, 3.63) is 42.0 Å². The van der Waals surface area contributed by atoms with Crippen LogP contribution in [0.2, 0.25) is 0 Å². The lowest BCUT2D eigenvalue weighted by Gasteiger charge is -2.29. The van der Waals surface area contributed by atoms with E-state index >= 15 is 0 Å². The maximum absolute atomic E-state index is 12.0. The quantitative estimate of drug-likeness (QED) is 0.595. The van der Waals surface area contributed by atoms with Gasteiger partial charge in [-0.05, 0) is 46.3 Å². The molecule has 0 spiro atoms. The Morgan fingerprint density at radius 2 is 1.64 bits per heavy atom. The Labute approximate surface area is 132 Å². The lowest BCUT2D eigenvalue weighted by Crippen LogP contribution is -2.40. The first-order valence-corrected chi connectivity index (χ1v) is 7.38. The van der Waals surface area contributed by atoms with Crippen LogP contribution in [0.4, 0.5) is 0 Å². The Morgan fingerprint density at radius 3 is 2.18 bits per heavy atom. The van der Waals surface area contributed by atoms with Gasteiger partial charge in [0.25, 0.3) is 0 Å². The van der Waals surface area contributed by atoms with E-state index in [9.17, 15) is 9.59 Å². The first-order valence-electron chi connectivity index (χ1n) is 7.38. The van der Waals surface area contributed by atoms with Crippen LogP contribution in [0, 0.1) is 5.41 Å². The van der Waals surface area contributed by atoms with Gasteiger partial charge in [0, 0.05) is 6.08 Å². The van der Waals surface area contributed by atoms with Crippen molar-refractivity contribution in [1.82, 2.24) is 0 Å². The molecule has 1 aromatic rings. The van der Waals surface area contributed by atoms with Gasteiger partial charge in [-0.3, -0.25) is 4.79 Å². The first-order chi connectivity index (χ1) is 10.2. The molecule has 0 aliphatic heterocycles. The monoisotopic (exact) mass is 304 g/mol. The summed E-state index contributed by atoms with van der Waals surface area (Å²) >= 11 is 0. The molecule has 4 nitrogen and oxygen atoms in total. The molecular weight excluding hydrogens is 280 g/mol. The van der Waals surface area contributed by atoms with Gasteiger partial charge in [-0.2, -0.15) is 0 Å². The minimum absolute atomic E-state index is 0.201. The third-order valence-electron chi connectivity index (χ3n) is 3.39. The van der Waals surface area contributed by atoms with Crippen LogP contribution >= 0.6 is 0 Å². The molecule has 1 aromatic carbocycles. The second-order valence-electron chi connectivity index (χ2n) is 6.00. The fourth-order valence-corrected chi connectivity index (χ4v) is 1.62. The summed E-state index contributed by atoms with van der Waals surface area (Å²) in [4.78, 5) is 23.9. The number of hydrogen-bond acceptors (Lipinski definition) is 4. The zero-order valence-electron chi connectivity index (χ0n) is 13.8. The molecule has 0 saturated carbocycles. The smallest absolute Gasteiger partial charge is 0.331 e. The van der Waals surface area contributed by atoms with E-state index in [0.717, 1.165) is 5.56 Å². The van der Waals surface area contributed by atoms with Crippen molar-refractivity contribution in [3.63, 3.8) is 0 Å². The molecule has 1 atom stereocenters. The highest BCUT2D eigenvalue weighted by atomic mass is 16.6. The fourth-order valence-electron chi connectivity index (χ4n) is 1.62. The van der Waals surface area contributed by atoms with Crippen LogP contribution in [0.3, 0.4) is 0 Å². The highest BCUT2D eigenvalue weighted by Crippen LogP contribution is 2.26. The molecule has 4 heteroatoms. The standard InChI is InChI=1S/C18H24O4/c1-13(2)21-17(20)18(4,5)14(3)22-16(19)12-11-15-9-7-6-8-10-15/h6-14H,1-5H3/b12-11+. The molecule has 0 amide bonds. The highest BCUT2D eigenvalue weighted by Gasteiger charge is 2.38. The highest BCUT2D eigenvalue weighted by molar-refractivity contribution is 5.87. The third kappa shape index (κ3) is 5.35. The molecule has 22 heavy (non-hydrogen) atoms. The molecule has 0 bridgehead atoms. The molecule has 0 aliphatic carbocycles. The number of esters is 2. The molecule has 0 aliphatic rings. The summed E-state index contributed by atoms with van der Waals surface area (Å²) in [6.07, 6.45) is 2.24. The van der Waals surface area contributed by atoms with Gasteiger partial charge in [-0.25, -0.2) is 4.79 Å². The van der Waals surface area contributed by atoms with Crippen molar-refractivity contribution in [1.29, 1.82) is 0 Å². The summed E-state index contributed by atoms with van der Waals surface area (Å²) in [5.41, 5.74) is 0.00568. The minimum atomic E-state index is -0.902. The summed E-state index contributed by atoms with van der Waals surface area (Å²) in [6.45, 7) is 8.67. The average molecular weight is 304 g/mol. The van der Waals surface area contributed by atoms with Crippen molar-refractivity contribution in [2.24, 2.45) is 5.41 Å². The Kier molecular flexibility index (Phi) is 6.35. The maximum atomic E-state index is 12.0. The van der Waals surface area contributed by atoms with E-state index < -0.39 is 17.5 Å². The molecule has 0 saturated heterocycles. The molecule has 0 heterocycles. The second kappa shape index (κ2) is 7.78. The third-order valence-corrected chi connectivity index (χ3v) is 3.39. The van der Waals surface area contributed by atoms with Gasteiger partial charge >= 0.3 is 11.9 Å². The molecule has 0 fully saturated rings. The molecule has 1 rings (SSSR count). The van der Waals surface area contributed by atoms with Crippen molar-refractivity contribution >= 4 is 18.0 Å². The van der Waals surface area contributed by atoms with Gasteiger partial charge in [0.1, 0.15) is 6.10 Å². The number of hydrogen-bond donors (Lipinski definition) is 0. The summed E-state index contributed by atoms with van der Waals surface area (Å²) in [7, 11) is 0. The van der Waals surface area contributed by atoms with E-state index in [1.165, 1.54) is 6.08 Å². The Balaban J connectivity index is 2.63. The number of ether oxygens (including phenoxy) is 2. The molecule has 0 aromatic heterocycles. The number of rotatable bonds is 6. The predicted molar refractivity (Wildman–Crippen MR) is 86.0 cm³/mol. The van der Waals surface area contributed by atoms with Crippen molar-refractivity contribution in [2.75, 3.05) is 0 Å². The summed E-state index contributed by atoms with van der Waals surface area (Å²) in [5.74, 6) is -0.864. The van der Waals surface area contributed by atoms with Gasteiger partial charge in [0.15, 0.2) is 0 Å². The molecule has 1 unspecified atom stereocenters. The summed E-state index contributed by atoms with van der Waals surface area (Å²) in [6, 6.07) is 9.45. The molecule has 120 valence electrons. The zero-order valence-corrected chi connectivity index (χ0v) is 13.8. The lowest BCUT2D eigenvalue weighted by molar-refractivity contribution is -0.169. The van der Waals surface area contributed by atoms with Crippen LogP contribution in [0.15, 0.2) is 36.4 Å². The van der Waals surface area contributed by atoms with E-state index in [2.05, 4.69) is 0 Å². The van der Waals surface area contributed by atoms with Crippen molar-refractivity contribution < 1.29 is 19.1 Å². The number of benzene rings is 1. The van der Waals surface area contributed by atoms with Gasteiger partial charge in [-0.1, -0.05) is 30.3 Å². The van der Waals surface area contributed by atoms with E-state index in [-0.39, 0.29) is 12.1 Å². The summed E-state index contributed by atoms with van der Waals surface area (Å²) < 4.78 is 10.5. The van der Waals surface area contributed by atoms with Crippen LogP contribution in [0.5, 0.6) is 0 Å². The van der Waals surface area contributed by atoms with Gasteiger partial charge in [-0.15, -0.1) is 0 Å². The Morgan fingerprint density at radius 1 is 1.05 bits per heavy atom. The van der Waals surface area contributed by atoms with Crippen LogP contribution in [-0.4, -0.2) is 24.1 Å². The number of carbonyl (C=O) groups excluding carboxylic acids is 2. The fraction of sp³-hybridized carbons (Fsp3) is 0.444. The van der Waals surface area contributed by atoms with E-state index in [0.29, 0.717) is 0 Å². The maximum Gasteiger partial charge on any atom is 0.331 e. The van der Waals surface area contributed by atoms with Crippen molar-refractivity contribution in [2.45, 2.75) is 46.8 Å². The SMILES string of the molecule is CC(C)OC(=O)C(C)(C)C(C)OC(=O)/C=C/c1ccccc1. The van der Waals surface area contributed by atoms with Gasteiger partial charge in [0.05, 0.1) is 11.5 Å². The van der Waals surface area contributed by atoms with Crippen LogP contribution in [0.25, 0.3) is 6.08 Å². The molecular formula is C18H24O4. The predicted octanol–water partition coefficient (Wildman–Crippen LogP) is 3.61. The Hall–Kier alpha value is -2.10. The largest absolute Gasteiger partial charge is 0.462 e. The Bertz CT molecular complexity index is 529. The second-order valence-corrected chi connectivity index (χ2v) is 6.00. The molecule has 0 N–H and O–H groups in total. The van der Waals surface area contributed by atoms with Gasteiger partial charge < -0.3 is 9.47 Å². The lowest BCUT2D eigenvalue weighted by atomic mass is 9.87. The zero-order chi connectivity index (χ0) is 16.8. The van der Waals surface area contributed by atoms with E-state index in [1.54, 1.807) is 40.7 Å². The molecule has 0 radical (unpaired) electrons. The van der Waals surface area contributed by atoms with Crippen LogP contribution < -0.4 is 0 Å².